The van der Waals surface area contributed by atoms with Crippen molar-refractivity contribution in [3.63, 3.8) is 0 Å². The van der Waals surface area contributed by atoms with E-state index in [4.69, 9.17) is 4.52 Å². The van der Waals surface area contributed by atoms with Crippen molar-refractivity contribution in [1.29, 1.82) is 0 Å². The van der Waals surface area contributed by atoms with E-state index in [9.17, 15) is 9.59 Å². The van der Waals surface area contributed by atoms with Gasteiger partial charge in [0.1, 0.15) is 17.5 Å². The summed E-state index contributed by atoms with van der Waals surface area (Å²) in [7, 11) is 0. The molecule has 32 heavy (non-hydrogen) atoms. The van der Waals surface area contributed by atoms with Crippen molar-refractivity contribution >= 4 is 5.91 Å². The van der Waals surface area contributed by atoms with Crippen molar-refractivity contribution in [1.82, 2.24) is 20.0 Å². The van der Waals surface area contributed by atoms with Gasteiger partial charge < -0.3 is 14.4 Å². The minimum Gasteiger partial charge on any atom is -0.364 e. The van der Waals surface area contributed by atoms with Gasteiger partial charge in [0.15, 0.2) is 5.43 Å². The zero-order valence-corrected chi connectivity index (χ0v) is 18.0. The average Bonchev–Trinajstić information content (AvgIpc) is 3.31. The molecule has 0 aliphatic carbocycles. The first-order valence-corrected chi connectivity index (χ1v) is 10.4. The van der Waals surface area contributed by atoms with Crippen LogP contribution >= 0.6 is 0 Å². The minimum atomic E-state index is -0.426. The SMILES string of the molecule is Cc1ccccc1Cc1c(C(=O)NCc2ccon2)c(=O)cc(C)n1Cc1ccncc1. The summed E-state index contributed by atoms with van der Waals surface area (Å²) in [6.45, 7) is 4.62. The van der Waals surface area contributed by atoms with Crippen LogP contribution < -0.4 is 10.7 Å². The van der Waals surface area contributed by atoms with Crippen molar-refractivity contribution in [2.24, 2.45) is 0 Å². The number of nitrogens with zero attached hydrogens (tertiary/aromatic N) is 3. The number of amides is 1. The molecule has 7 nitrogen and oxygen atoms in total. The second kappa shape index (κ2) is 9.43. The van der Waals surface area contributed by atoms with E-state index in [-0.39, 0.29) is 17.5 Å². The topological polar surface area (TPSA) is 90.0 Å². The number of rotatable bonds is 7. The molecule has 1 amide bonds. The minimum absolute atomic E-state index is 0.149. The van der Waals surface area contributed by atoms with Crippen molar-refractivity contribution in [3.05, 3.63) is 117 Å². The van der Waals surface area contributed by atoms with Crippen molar-refractivity contribution in [3.8, 4) is 0 Å². The van der Waals surface area contributed by atoms with Crippen LogP contribution in [0.2, 0.25) is 0 Å². The molecule has 0 radical (unpaired) electrons. The third kappa shape index (κ3) is 4.67. The Morgan fingerprint density at radius 1 is 1.09 bits per heavy atom. The Labute approximate surface area is 185 Å². The van der Waals surface area contributed by atoms with Gasteiger partial charge in [0, 0.05) is 48.9 Å². The Kier molecular flexibility index (Phi) is 6.26. The Morgan fingerprint density at radius 2 is 1.88 bits per heavy atom. The third-order valence-electron chi connectivity index (χ3n) is 5.48. The molecule has 0 unspecified atom stereocenters. The van der Waals surface area contributed by atoms with Gasteiger partial charge in [0.25, 0.3) is 5.91 Å². The number of aryl methyl sites for hydroxylation is 2. The van der Waals surface area contributed by atoms with Gasteiger partial charge in [0.2, 0.25) is 0 Å². The third-order valence-corrected chi connectivity index (χ3v) is 5.48. The van der Waals surface area contributed by atoms with E-state index in [2.05, 4.69) is 15.5 Å². The standard InChI is InChI=1S/C25H24N4O3/c1-17-5-3-4-6-20(17)14-22-24(25(31)27-15-21-9-12-32-28-21)23(30)13-18(2)29(22)16-19-7-10-26-11-8-19/h3-13H,14-16H2,1-2H3,(H,27,31). The number of hydrogen-bond acceptors (Lipinski definition) is 5. The molecule has 162 valence electrons. The first-order chi connectivity index (χ1) is 15.5. The number of carbonyl (C=O) groups is 1. The Morgan fingerprint density at radius 3 is 2.59 bits per heavy atom. The van der Waals surface area contributed by atoms with Gasteiger partial charge in [-0.05, 0) is 42.7 Å². The molecule has 3 aromatic heterocycles. The molecule has 0 atom stereocenters. The number of carbonyl (C=O) groups excluding carboxylic acids is 1. The van der Waals surface area contributed by atoms with E-state index in [0.29, 0.717) is 24.4 Å². The fourth-order valence-electron chi connectivity index (χ4n) is 3.72. The predicted octanol–water partition coefficient (Wildman–Crippen LogP) is 3.42. The maximum absolute atomic E-state index is 13.2. The summed E-state index contributed by atoms with van der Waals surface area (Å²) in [4.78, 5) is 30.3. The molecular weight excluding hydrogens is 404 g/mol. The molecule has 0 fully saturated rings. The van der Waals surface area contributed by atoms with Crippen LogP contribution in [-0.2, 0) is 19.5 Å². The summed E-state index contributed by atoms with van der Waals surface area (Å²) >= 11 is 0. The molecule has 0 bridgehead atoms. The highest BCUT2D eigenvalue weighted by Gasteiger charge is 2.21. The van der Waals surface area contributed by atoms with Gasteiger partial charge in [0.05, 0.1) is 6.54 Å². The van der Waals surface area contributed by atoms with E-state index in [0.717, 1.165) is 22.4 Å². The largest absolute Gasteiger partial charge is 0.364 e. The summed E-state index contributed by atoms with van der Waals surface area (Å²) in [6, 6.07) is 15.0. The lowest BCUT2D eigenvalue weighted by molar-refractivity contribution is 0.0947. The number of pyridine rings is 2. The predicted molar refractivity (Wildman–Crippen MR) is 120 cm³/mol. The van der Waals surface area contributed by atoms with Crippen molar-refractivity contribution < 1.29 is 9.32 Å². The Hall–Kier alpha value is -4.00. The molecule has 3 heterocycles. The Balaban J connectivity index is 1.79. The van der Waals surface area contributed by atoms with Gasteiger partial charge in [-0.15, -0.1) is 0 Å². The summed E-state index contributed by atoms with van der Waals surface area (Å²) in [5, 5.41) is 6.62. The van der Waals surface area contributed by atoms with E-state index in [1.54, 1.807) is 18.5 Å². The van der Waals surface area contributed by atoms with E-state index in [1.165, 1.54) is 12.3 Å². The van der Waals surface area contributed by atoms with Crippen molar-refractivity contribution in [2.75, 3.05) is 0 Å². The van der Waals surface area contributed by atoms with Crippen LogP contribution in [0.4, 0.5) is 0 Å². The van der Waals surface area contributed by atoms with Crippen LogP contribution in [0.3, 0.4) is 0 Å². The Bertz CT molecular complexity index is 1280. The van der Waals surface area contributed by atoms with Gasteiger partial charge in [-0.25, -0.2) is 0 Å². The molecule has 1 aromatic carbocycles. The van der Waals surface area contributed by atoms with Gasteiger partial charge in [-0.3, -0.25) is 14.6 Å². The number of aromatic nitrogens is 3. The number of benzene rings is 1. The smallest absolute Gasteiger partial charge is 0.257 e. The van der Waals surface area contributed by atoms with Gasteiger partial charge >= 0.3 is 0 Å². The van der Waals surface area contributed by atoms with Crippen LogP contribution in [0.5, 0.6) is 0 Å². The molecule has 0 aliphatic rings. The maximum atomic E-state index is 13.2. The summed E-state index contributed by atoms with van der Waals surface area (Å²) in [5.41, 5.74) is 5.11. The molecule has 0 saturated carbocycles. The van der Waals surface area contributed by atoms with Crippen LogP contribution in [0.15, 0.2) is 76.5 Å². The average molecular weight is 428 g/mol. The lowest BCUT2D eigenvalue weighted by Crippen LogP contribution is -2.33. The monoisotopic (exact) mass is 428 g/mol. The molecule has 4 rings (SSSR count). The highest BCUT2D eigenvalue weighted by atomic mass is 16.5. The lowest BCUT2D eigenvalue weighted by Gasteiger charge is -2.21. The van der Waals surface area contributed by atoms with E-state index >= 15 is 0 Å². The summed E-state index contributed by atoms with van der Waals surface area (Å²) < 4.78 is 6.86. The molecule has 1 N–H and O–H groups in total. The highest BCUT2D eigenvalue weighted by molar-refractivity contribution is 5.95. The molecule has 7 heteroatoms. The molecular formula is C25H24N4O3. The quantitative estimate of drug-likeness (QED) is 0.487. The van der Waals surface area contributed by atoms with Crippen LogP contribution in [0.25, 0.3) is 0 Å². The van der Waals surface area contributed by atoms with Crippen LogP contribution in [0, 0.1) is 13.8 Å². The first kappa shape index (κ1) is 21.2. The molecule has 0 saturated heterocycles. The molecule has 0 spiro atoms. The highest BCUT2D eigenvalue weighted by Crippen LogP contribution is 2.19. The zero-order valence-electron chi connectivity index (χ0n) is 18.0. The number of hydrogen-bond donors (Lipinski definition) is 1. The maximum Gasteiger partial charge on any atom is 0.257 e. The second-order valence-corrected chi connectivity index (χ2v) is 7.69. The molecule has 4 aromatic rings. The van der Waals surface area contributed by atoms with E-state index < -0.39 is 5.91 Å². The fraction of sp³-hybridized carbons (Fsp3) is 0.200. The van der Waals surface area contributed by atoms with Crippen LogP contribution in [0.1, 0.15) is 44.1 Å². The lowest BCUT2D eigenvalue weighted by atomic mass is 9.99. The van der Waals surface area contributed by atoms with E-state index in [1.807, 2.05) is 54.8 Å². The summed E-state index contributed by atoms with van der Waals surface area (Å²) in [6.07, 6.45) is 5.37. The summed E-state index contributed by atoms with van der Waals surface area (Å²) in [5.74, 6) is -0.426. The number of nitrogens with one attached hydrogen (secondary N) is 1. The van der Waals surface area contributed by atoms with Crippen LogP contribution in [-0.4, -0.2) is 20.6 Å². The van der Waals surface area contributed by atoms with Gasteiger partial charge in [-0.1, -0.05) is 29.4 Å². The normalized spacial score (nSPS) is 10.8. The molecule has 0 aliphatic heterocycles. The van der Waals surface area contributed by atoms with Gasteiger partial charge in [-0.2, -0.15) is 0 Å². The zero-order chi connectivity index (χ0) is 22.5. The fourth-order valence-corrected chi connectivity index (χ4v) is 3.72. The second-order valence-electron chi connectivity index (χ2n) is 7.69. The van der Waals surface area contributed by atoms with Crippen molar-refractivity contribution in [2.45, 2.75) is 33.4 Å². The first-order valence-electron chi connectivity index (χ1n) is 10.4.